The number of sulfone groups is 1. The van der Waals surface area contributed by atoms with Crippen molar-refractivity contribution in [1.82, 2.24) is 9.97 Å². The van der Waals surface area contributed by atoms with E-state index >= 15 is 0 Å². The van der Waals surface area contributed by atoms with Crippen LogP contribution in [-0.2, 0) is 23.9 Å². The van der Waals surface area contributed by atoms with Crippen molar-refractivity contribution >= 4 is 45.8 Å². The summed E-state index contributed by atoms with van der Waals surface area (Å²) in [6.45, 7) is 17.7. The SMILES string of the molecule is Cc1cc(B2OC(C)(C)C(C)(C)O2)cc2c1O[C@H](C)c1c(N3CCS(=O)(=O)CC3)ncnc1N2C(=O)OC(C)(C)C. The number of ether oxygens (including phenoxy) is 2. The van der Waals surface area contributed by atoms with Crippen LogP contribution in [0.1, 0.15) is 72.6 Å². The second-order valence-electron chi connectivity index (χ2n) is 12.9. The molecule has 1 atom stereocenters. The number of fused-ring (bicyclic) bond motifs is 2. The lowest BCUT2D eigenvalue weighted by atomic mass is 9.78. The summed E-state index contributed by atoms with van der Waals surface area (Å²) < 4.78 is 49.4. The minimum atomic E-state index is -3.11. The summed E-state index contributed by atoms with van der Waals surface area (Å²) in [6, 6.07) is 3.77. The highest BCUT2D eigenvalue weighted by atomic mass is 32.2. The maximum absolute atomic E-state index is 14.0. The number of rotatable bonds is 2. The van der Waals surface area contributed by atoms with Gasteiger partial charge in [0.15, 0.2) is 15.7 Å². The molecule has 0 N–H and O–H groups in total. The summed E-state index contributed by atoms with van der Waals surface area (Å²) >= 11 is 0. The highest BCUT2D eigenvalue weighted by Gasteiger charge is 2.52. The normalized spacial score (nSPS) is 22.9. The van der Waals surface area contributed by atoms with E-state index in [1.165, 1.54) is 11.2 Å². The number of amides is 1. The van der Waals surface area contributed by atoms with E-state index < -0.39 is 46.0 Å². The van der Waals surface area contributed by atoms with E-state index in [1.54, 1.807) is 20.8 Å². The number of carbonyl (C=O) groups is 1. The fourth-order valence-electron chi connectivity index (χ4n) is 5.15. The van der Waals surface area contributed by atoms with Crippen LogP contribution in [0, 0.1) is 6.92 Å². The van der Waals surface area contributed by atoms with E-state index in [-0.39, 0.29) is 24.6 Å². The van der Waals surface area contributed by atoms with Gasteiger partial charge in [0.25, 0.3) is 0 Å². The molecule has 5 rings (SSSR count). The number of nitrogens with zero attached hydrogens (tertiary/aromatic N) is 4. The molecule has 222 valence electrons. The third kappa shape index (κ3) is 5.51. The van der Waals surface area contributed by atoms with E-state index in [0.29, 0.717) is 28.6 Å². The lowest BCUT2D eigenvalue weighted by molar-refractivity contribution is 0.00578. The molecule has 41 heavy (non-hydrogen) atoms. The third-order valence-electron chi connectivity index (χ3n) is 8.02. The first kappa shape index (κ1) is 29.6. The Balaban J connectivity index is 1.67. The Morgan fingerprint density at radius 1 is 1.05 bits per heavy atom. The Bertz CT molecular complexity index is 1460. The summed E-state index contributed by atoms with van der Waals surface area (Å²) in [5, 5.41) is 0. The summed E-state index contributed by atoms with van der Waals surface area (Å²) in [4.78, 5) is 26.4. The van der Waals surface area contributed by atoms with Gasteiger partial charge in [0, 0.05) is 13.1 Å². The molecule has 0 saturated carbocycles. The van der Waals surface area contributed by atoms with Gasteiger partial charge in [-0.05, 0) is 79.4 Å². The maximum Gasteiger partial charge on any atom is 0.494 e. The second-order valence-corrected chi connectivity index (χ2v) is 15.2. The zero-order chi connectivity index (χ0) is 30.1. The van der Waals surface area contributed by atoms with Crippen molar-refractivity contribution in [2.24, 2.45) is 0 Å². The Hall–Kier alpha value is -2.90. The number of aromatic nitrogens is 2. The lowest BCUT2D eigenvalue weighted by Crippen LogP contribution is -2.42. The van der Waals surface area contributed by atoms with Crippen LogP contribution in [0.5, 0.6) is 5.75 Å². The molecule has 1 amide bonds. The first-order chi connectivity index (χ1) is 18.9. The van der Waals surface area contributed by atoms with E-state index in [2.05, 4.69) is 9.97 Å². The number of carbonyl (C=O) groups excluding carboxylic acids is 1. The van der Waals surface area contributed by atoms with Gasteiger partial charge in [-0.2, -0.15) is 0 Å². The third-order valence-corrected chi connectivity index (χ3v) is 9.63. The Kier molecular flexibility index (Phi) is 7.10. The number of benzene rings is 1. The van der Waals surface area contributed by atoms with Crippen molar-refractivity contribution in [3.63, 3.8) is 0 Å². The minimum Gasteiger partial charge on any atom is -0.483 e. The van der Waals surface area contributed by atoms with Crippen LogP contribution in [0.3, 0.4) is 0 Å². The minimum absolute atomic E-state index is 0.0214. The number of hydrogen-bond acceptors (Lipinski definition) is 10. The zero-order valence-electron chi connectivity index (χ0n) is 25.3. The summed E-state index contributed by atoms with van der Waals surface area (Å²) in [7, 11) is -3.78. The fraction of sp³-hybridized carbons (Fsp3) is 0.607. The lowest BCUT2D eigenvalue weighted by Gasteiger charge is -2.32. The van der Waals surface area contributed by atoms with Crippen LogP contribution in [0.15, 0.2) is 18.5 Å². The van der Waals surface area contributed by atoms with Gasteiger partial charge in [-0.3, -0.25) is 0 Å². The van der Waals surface area contributed by atoms with Gasteiger partial charge >= 0.3 is 13.2 Å². The first-order valence-corrected chi connectivity index (χ1v) is 15.7. The zero-order valence-corrected chi connectivity index (χ0v) is 26.1. The van der Waals surface area contributed by atoms with E-state index in [1.807, 2.05) is 58.6 Å². The van der Waals surface area contributed by atoms with E-state index in [0.717, 1.165) is 11.0 Å². The molecule has 0 spiro atoms. The predicted molar refractivity (Wildman–Crippen MR) is 157 cm³/mol. The molecule has 13 heteroatoms. The van der Waals surface area contributed by atoms with Gasteiger partial charge in [-0.1, -0.05) is 6.07 Å². The largest absolute Gasteiger partial charge is 0.494 e. The van der Waals surface area contributed by atoms with Crippen LogP contribution in [0.25, 0.3) is 0 Å². The van der Waals surface area contributed by atoms with Crippen LogP contribution >= 0.6 is 0 Å². The maximum atomic E-state index is 14.0. The Morgan fingerprint density at radius 2 is 1.63 bits per heavy atom. The van der Waals surface area contributed by atoms with Crippen molar-refractivity contribution in [1.29, 1.82) is 0 Å². The summed E-state index contributed by atoms with van der Waals surface area (Å²) in [5.74, 6) is 1.38. The predicted octanol–water partition coefficient (Wildman–Crippen LogP) is 3.85. The van der Waals surface area contributed by atoms with Crippen LogP contribution in [0.4, 0.5) is 22.1 Å². The van der Waals surface area contributed by atoms with Crippen LogP contribution in [-0.4, -0.2) is 73.0 Å². The average Bonchev–Trinajstić information content (AvgIpc) is 2.97. The molecule has 3 aliphatic rings. The molecular formula is C28H39BN4O7S. The second kappa shape index (κ2) is 9.84. The molecule has 2 aromatic rings. The molecular weight excluding hydrogens is 547 g/mol. The summed E-state index contributed by atoms with van der Waals surface area (Å²) in [6.07, 6.45) is 0.193. The highest BCUT2D eigenvalue weighted by molar-refractivity contribution is 7.91. The number of aryl methyl sites for hydroxylation is 1. The molecule has 0 unspecified atom stereocenters. The Labute approximate surface area is 242 Å². The van der Waals surface area contributed by atoms with Crippen molar-refractivity contribution < 1.29 is 32.0 Å². The van der Waals surface area contributed by atoms with E-state index in [9.17, 15) is 13.2 Å². The number of hydrogen-bond donors (Lipinski definition) is 0. The summed E-state index contributed by atoms with van der Waals surface area (Å²) in [5.41, 5.74) is 0.634. The monoisotopic (exact) mass is 586 g/mol. The van der Waals surface area contributed by atoms with Crippen LogP contribution < -0.4 is 20.0 Å². The quantitative estimate of drug-likeness (QED) is 0.480. The standard InChI is InChI=1S/C28H39BN4O7S/c1-17-14-19(29-39-27(6,7)28(8,9)40-29)15-20-22(17)37-18(2)21-23(32-10-12-41(35,36)13-11-32)30-16-31-24(21)33(20)25(34)38-26(3,4)5/h14-16,18H,10-13H2,1-9H3/t18-/m1/s1. The molecule has 0 aliphatic carbocycles. The van der Waals surface area contributed by atoms with Gasteiger partial charge < -0.3 is 23.7 Å². The molecule has 11 nitrogen and oxygen atoms in total. The fourth-order valence-corrected chi connectivity index (χ4v) is 6.36. The molecule has 1 aromatic heterocycles. The van der Waals surface area contributed by atoms with Crippen molar-refractivity contribution in [3.8, 4) is 5.75 Å². The molecule has 0 radical (unpaired) electrons. The molecule has 0 bridgehead atoms. The van der Waals surface area contributed by atoms with Crippen molar-refractivity contribution in [3.05, 3.63) is 29.6 Å². The van der Waals surface area contributed by atoms with Gasteiger partial charge in [-0.15, -0.1) is 0 Å². The van der Waals surface area contributed by atoms with Crippen molar-refractivity contribution in [2.45, 2.75) is 85.2 Å². The molecule has 1 aromatic carbocycles. The topological polar surface area (TPSA) is 120 Å². The van der Waals surface area contributed by atoms with Gasteiger partial charge in [0.2, 0.25) is 0 Å². The van der Waals surface area contributed by atoms with Crippen LogP contribution in [0.2, 0.25) is 0 Å². The molecule has 3 aliphatic heterocycles. The Morgan fingerprint density at radius 3 is 2.22 bits per heavy atom. The van der Waals surface area contributed by atoms with E-state index in [4.69, 9.17) is 18.8 Å². The smallest absolute Gasteiger partial charge is 0.483 e. The van der Waals surface area contributed by atoms with Gasteiger partial charge in [0.1, 0.15) is 29.6 Å². The number of anilines is 3. The van der Waals surface area contributed by atoms with Crippen molar-refractivity contribution in [2.75, 3.05) is 34.4 Å². The first-order valence-electron chi connectivity index (χ1n) is 13.9. The average molecular weight is 587 g/mol. The van der Waals surface area contributed by atoms with Gasteiger partial charge in [-0.25, -0.2) is 28.1 Å². The highest BCUT2D eigenvalue weighted by Crippen LogP contribution is 2.47. The molecule has 2 saturated heterocycles. The van der Waals surface area contributed by atoms with Gasteiger partial charge in [0.05, 0.1) is 34.0 Å². The molecule has 4 heterocycles. The molecule has 2 fully saturated rings.